The number of rotatable bonds is 10. The van der Waals surface area contributed by atoms with Crippen molar-refractivity contribution in [1.29, 1.82) is 0 Å². The summed E-state index contributed by atoms with van der Waals surface area (Å²) in [5, 5.41) is 12.5. The van der Waals surface area contributed by atoms with Gasteiger partial charge in [0.25, 0.3) is 0 Å². The minimum absolute atomic E-state index is 0.183. The number of aliphatic hydroxyl groups excluding tert-OH is 1. The quantitative estimate of drug-likeness (QED) is 0.500. The Balaban J connectivity index is 2.41. The maximum absolute atomic E-state index is 9.15. The van der Waals surface area contributed by atoms with Gasteiger partial charge in [-0.3, -0.25) is 4.90 Å². The van der Waals surface area contributed by atoms with Crippen LogP contribution in [0.3, 0.4) is 0 Å². The predicted octanol–water partition coefficient (Wildman–Crippen LogP) is 2.04. The summed E-state index contributed by atoms with van der Waals surface area (Å²) in [5.41, 5.74) is 2.43. The molecule has 0 saturated carbocycles. The Labute approximate surface area is 116 Å². The van der Waals surface area contributed by atoms with Gasteiger partial charge >= 0.3 is 0 Å². The number of hydrogen-bond acceptors (Lipinski definition) is 3. The first-order chi connectivity index (χ1) is 9.26. The van der Waals surface area contributed by atoms with Crippen LogP contribution in [0.1, 0.15) is 18.9 Å². The van der Waals surface area contributed by atoms with Crippen molar-refractivity contribution in [3.05, 3.63) is 48.0 Å². The highest BCUT2D eigenvalue weighted by molar-refractivity contribution is 5.15. The van der Waals surface area contributed by atoms with Crippen molar-refractivity contribution in [2.45, 2.75) is 19.9 Å². The topological polar surface area (TPSA) is 35.5 Å². The molecule has 0 aromatic heterocycles. The highest BCUT2D eigenvalue weighted by Gasteiger charge is 2.07. The van der Waals surface area contributed by atoms with E-state index in [4.69, 9.17) is 5.11 Å². The maximum atomic E-state index is 9.15. The molecular weight excluding hydrogens is 236 g/mol. The van der Waals surface area contributed by atoms with Gasteiger partial charge in [-0.15, -0.1) is 0 Å². The molecule has 0 spiro atoms. The van der Waals surface area contributed by atoms with Crippen LogP contribution in [0.4, 0.5) is 0 Å². The molecular formula is C16H26N2O. The first-order valence-corrected chi connectivity index (χ1v) is 7.00. The fraction of sp³-hybridized carbons (Fsp3) is 0.500. The standard InChI is InChI=1S/C16H26N2O/c1-3-9-17-12-15(2)13-18(10-11-19)14-16-7-5-4-6-8-16/h4-8,17,19H,2-3,9-14H2,1H3. The van der Waals surface area contributed by atoms with Crippen LogP contribution in [0.25, 0.3) is 0 Å². The van der Waals surface area contributed by atoms with Crippen LogP contribution in [0.5, 0.6) is 0 Å². The smallest absolute Gasteiger partial charge is 0.0558 e. The molecule has 0 atom stereocenters. The van der Waals surface area contributed by atoms with Crippen molar-refractivity contribution >= 4 is 0 Å². The van der Waals surface area contributed by atoms with Crippen LogP contribution in [0, 0.1) is 0 Å². The first-order valence-electron chi connectivity index (χ1n) is 7.00. The third-order valence-corrected chi connectivity index (χ3v) is 2.91. The van der Waals surface area contributed by atoms with Gasteiger partial charge in [-0.25, -0.2) is 0 Å². The van der Waals surface area contributed by atoms with E-state index >= 15 is 0 Å². The highest BCUT2D eigenvalue weighted by Crippen LogP contribution is 2.06. The fourth-order valence-electron chi connectivity index (χ4n) is 2.01. The number of nitrogens with zero attached hydrogens (tertiary/aromatic N) is 1. The molecule has 0 aliphatic rings. The van der Waals surface area contributed by atoms with Crippen LogP contribution in [0.15, 0.2) is 42.5 Å². The molecule has 0 heterocycles. The van der Waals surface area contributed by atoms with Crippen LogP contribution in [-0.2, 0) is 6.54 Å². The average Bonchev–Trinajstić information content (AvgIpc) is 2.40. The largest absolute Gasteiger partial charge is 0.395 e. The van der Waals surface area contributed by atoms with E-state index in [1.807, 2.05) is 18.2 Å². The van der Waals surface area contributed by atoms with Gasteiger partial charge in [0.15, 0.2) is 0 Å². The molecule has 2 N–H and O–H groups in total. The molecule has 0 aliphatic heterocycles. The van der Waals surface area contributed by atoms with Gasteiger partial charge in [0.1, 0.15) is 0 Å². The molecule has 0 amide bonds. The third-order valence-electron chi connectivity index (χ3n) is 2.91. The second-order valence-corrected chi connectivity index (χ2v) is 4.85. The first kappa shape index (κ1) is 15.9. The fourth-order valence-corrected chi connectivity index (χ4v) is 2.01. The van der Waals surface area contributed by atoms with Gasteiger partial charge in [-0.2, -0.15) is 0 Å². The van der Waals surface area contributed by atoms with Crippen LogP contribution in [0.2, 0.25) is 0 Å². The molecule has 0 fully saturated rings. The van der Waals surface area contributed by atoms with Gasteiger partial charge < -0.3 is 10.4 Å². The molecule has 19 heavy (non-hydrogen) atoms. The SMILES string of the molecule is C=C(CNCCC)CN(CCO)Cc1ccccc1. The summed E-state index contributed by atoms with van der Waals surface area (Å²) in [6.45, 7) is 10.7. The van der Waals surface area contributed by atoms with Gasteiger partial charge in [0, 0.05) is 26.2 Å². The van der Waals surface area contributed by atoms with Crippen molar-refractivity contribution in [3.8, 4) is 0 Å². The normalized spacial score (nSPS) is 10.9. The third kappa shape index (κ3) is 7.11. The van der Waals surface area contributed by atoms with E-state index < -0.39 is 0 Å². The molecule has 0 aliphatic carbocycles. The van der Waals surface area contributed by atoms with Crippen molar-refractivity contribution in [1.82, 2.24) is 10.2 Å². The number of aliphatic hydroxyl groups is 1. The number of hydrogen-bond donors (Lipinski definition) is 2. The van der Waals surface area contributed by atoms with E-state index in [2.05, 4.69) is 35.9 Å². The van der Waals surface area contributed by atoms with Crippen molar-refractivity contribution < 1.29 is 5.11 Å². The average molecular weight is 262 g/mol. The maximum Gasteiger partial charge on any atom is 0.0558 e. The Morgan fingerprint density at radius 3 is 2.68 bits per heavy atom. The van der Waals surface area contributed by atoms with Crippen LogP contribution in [-0.4, -0.2) is 42.8 Å². The Hall–Kier alpha value is -1.16. The molecule has 0 radical (unpaired) electrons. The van der Waals surface area contributed by atoms with E-state index in [-0.39, 0.29) is 6.61 Å². The van der Waals surface area contributed by atoms with Crippen LogP contribution < -0.4 is 5.32 Å². The molecule has 1 aromatic carbocycles. The van der Waals surface area contributed by atoms with Crippen molar-refractivity contribution in [2.24, 2.45) is 0 Å². The predicted molar refractivity (Wildman–Crippen MR) is 81.1 cm³/mol. The lowest BCUT2D eigenvalue weighted by molar-refractivity contribution is 0.200. The summed E-state index contributed by atoms with van der Waals surface area (Å²) in [6, 6.07) is 10.3. The Morgan fingerprint density at radius 2 is 2.05 bits per heavy atom. The molecule has 0 bridgehead atoms. The molecule has 0 saturated heterocycles. The van der Waals surface area contributed by atoms with Gasteiger partial charge in [0.05, 0.1) is 6.61 Å². The zero-order chi connectivity index (χ0) is 13.9. The van der Waals surface area contributed by atoms with Gasteiger partial charge in [-0.05, 0) is 24.1 Å². The van der Waals surface area contributed by atoms with E-state index in [9.17, 15) is 0 Å². The van der Waals surface area contributed by atoms with Crippen molar-refractivity contribution in [2.75, 3.05) is 32.8 Å². The minimum atomic E-state index is 0.183. The lowest BCUT2D eigenvalue weighted by atomic mass is 10.2. The summed E-state index contributed by atoms with van der Waals surface area (Å²) in [7, 11) is 0. The Bertz CT molecular complexity index is 351. The summed E-state index contributed by atoms with van der Waals surface area (Å²) in [6.07, 6.45) is 1.14. The number of nitrogens with one attached hydrogen (secondary N) is 1. The van der Waals surface area contributed by atoms with Crippen molar-refractivity contribution in [3.63, 3.8) is 0 Å². The zero-order valence-electron chi connectivity index (χ0n) is 11.9. The lowest BCUT2D eigenvalue weighted by Gasteiger charge is -2.22. The monoisotopic (exact) mass is 262 g/mol. The summed E-state index contributed by atoms with van der Waals surface area (Å²) in [5.74, 6) is 0. The summed E-state index contributed by atoms with van der Waals surface area (Å²) in [4.78, 5) is 2.23. The summed E-state index contributed by atoms with van der Waals surface area (Å²) < 4.78 is 0. The molecule has 3 heteroatoms. The van der Waals surface area contributed by atoms with Gasteiger partial charge in [0.2, 0.25) is 0 Å². The molecule has 0 unspecified atom stereocenters. The van der Waals surface area contributed by atoms with E-state index in [0.29, 0.717) is 6.54 Å². The number of benzene rings is 1. The second-order valence-electron chi connectivity index (χ2n) is 4.85. The van der Waals surface area contributed by atoms with E-state index in [1.165, 1.54) is 5.56 Å². The van der Waals surface area contributed by atoms with E-state index in [1.54, 1.807) is 0 Å². The second kappa shape index (κ2) is 9.73. The molecule has 3 nitrogen and oxygen atoms in total. The minimum Gasteiger partial charge on any atom is -0.395 e. The Morgan fingerprint density at radius 1 is 1.32 bits per heavy atom. The van der Waals surface area contributed by atoms with Gasteiger partial charge in [-0.1, -0.05) is 43.8 Å². The van der Waals surface area contributed by atoms with E-state index in [0.717, 1.165) is 38.2 Å². The Kier molecular flexibility index (Phi) is 8.14. The zero-order valence-corrected chi connectivity index (χ0v) is 11.9. The molecule has 1 aromatic rings. The molecule has 106 valence electrons. The lowest BCUT2D eigenvalue weighted by Crippen LogP contribution is -2.31. The summed E-state index contributed by atoms with van der Waals surface area (Å²) >= 11 is 0. The van der Waals surface area contributed by atoms with Crippen LogP contribution >= 0.6 is 0 Å². The highest BCUT2D eigenvalue weighted by atomic mass is 16.3. The molecule has 1 rings (SSSR count).